The molecule has 9 nitrogen and oxygen atoms in total. The van der Waals surface area contributed by atoms with Crippen molar-refractivity contribution in [3.63, 3.8) is 0 Å². The molecule has 1 heterocycles. The number of carbonyl (C=O) groups is 1. The lowest BCUT2D eigenvalue weighted by Gasteiger charge is -2.13. The molecule has 0 atom stereocenters. The number of ether oxygens (including phenoxy) is 1. The minimum absolute atomic E-state index is 0.0901. The van der Waals surface area contributed by atoms with E-state index in [1.165, 1.54) is 0 Å². The van der Waals surface area contributed by atoms with Gasteiger partial charge in [0.05, 0.1) is 32.1 Å². The van der Waals surface area contributed by atoms with E-state index in [-0.39, 0.29) is 12.2 Å². The summed E-state index contributed by atoms with van der Waals surface area (Å²) in [4.78, 5) is 11.5. The van der Waals surface area contributed by atoms with Crippen LogP contribution in [0.1, 0.15) is 17.3 Å². The summed E-state index contributed by atoms with van der Waals surface area (Å²) in [5.74, 6) is -0.832. The van der Waals surface area contributed by atoms with Crippen molar-refractivity contribution in [2.45, 2.75) is 18.0 Å². The third-order valence-corrected chi connectivity index (χ3v) is 3.62. The van der Waals surface area contributed by atoms with Gasteiger partial charge in [0.15, 0.2) is 5.03 Å². The summed E-state index contributed by atoms with van der Waals surface area (Å²) in [7, 11) is -4.12. The maximum atomic E-state index is 11.9. The van der Waals surface area contributed by atoms with Crippen LogP contribution in [-0.2, 0) is 14.8 Å². The summed E-state index contributed by atoms with van der Waals surface area (Å²) in [6.45, 7) is 0.502. The zero-order chi connectivity index (χ0) is 14.5. The number of aromatic amines is 1. The molecular weight excluding hydrogens is 278 g/mol. The Kier molecular flexibility index (Phi) is 5.42. The van der Waals surface area contributed by atoms with Crippen LogP contribution in [-0.4, -0.2) is 60.7 Å². The molecule has 108 valence electrons. The van der Waals surface area contributed by atoms with Crippen LogP contribution < -0.4 is 4.72 Å². The second kappa shape index (κ2) is 6.61. The van der Waals surface area contributed by atoms with E-state index in [9.17, 15) is 13.2 Å². The fraction of sp³-hybridized carbons (Fsp3) is 0.556. The van der Waals surface area contributed by atoms with Gasteiger partial charge < -0.3 is 14.9 Å². The van der Waals surface area contributed by atoms with E-state index < -0.39 is 40.3 Å². The third kappa shape index (κ3) is 3.73. The summed E-state index contributed by atoms with van der Waals surface area (Å²) in [5, 5.41) is 22.9. The molecule has 0 aliphatic carbocycles. The van der Waals surface area contributed by atoms with E-state index in [1.807, 2.05) is 4.72 Å². The number of sulfonamides is 1. The largest absolute Gasteiger partial charge is 0.462 e. The number of aliphatic hydroxyl groups excluding tert-OH is 2. The monoisotopic (exact) mass is 293 g/mol. The van der Waals surface area contributed by atoms with Crippen LogP contribution in [0.25, 0.3) is 0 Å². The smallest absolute Gasteiger partial charge is 0.342 e. The summed E-state index contributed by atoms with van der Waals surface area (Å²) in [6, 6.07) is -1.07. The number of hydrogen-bond donors (Lipinski definition) is 4. The number of aromatic nitrogens is 2. The summed E-state index contributed by atoms with van der Waals surface area (Å²) >= 11 is 0. The normalized spacial score (nSPS) is 11.8. The van der Waals surface area contributed by atoms with Gasteiger partial charge in [0, 0.05) is 0 Å². The summed E-state index contributed by atoms with van der Waals surface area (Å²) in [5.41, 5.74) is -0.246. The number of rotatable bonds is 7. The van der Waals surface area contributed by atoms with Crippen LogP contribution in [0.4, 0.5) is 0 Å². The zero-order valence-corrected chi connectivity index (χ0v) is 11.0. The number of esters is 1. The Morgan fingerprint density at radius 2 is 2.16 bits per heavy atom. The average molecular weight is 293 g/mol. The Labute approximate surface area is 109 Å². The summed E-state index contributed by atoms with van der Waals surface area (Å²) in [6.07, 6.45) is 1.03. The highest BCUT2D eigenvalue weighted by Gasteiger charge is 2.27. The molecule has 0 saturated heterocycles. The number of hydrogen-bond acceptors (Lipinski definition) is 7. The van der Waals surface area contributed by atoms with Crippen molar-refractivity contribution in [1.29, 1.82) is 0 Å². The Balaban J connectivity index is 3.02. The van der Waals surface area contributed by atoms with Crippen LogP contribution in [0, 0.1) is 0 Å². The van der Waals surface area contributed by atoms with E-state index in [0.29, 0.717) is 0 Å². The first kappa shape index (κ1) is 15.6. The number of carbonyl (C=O) groups excluding carboxylic acids is 1. The second-order valence-corrected chi connectivity index (χ2v) is 5.17. The SMILES string of the molecule is CCOC(=O)c1cn[nH]c1S(=O)(=O)NC(CO)CO. The highest BCUT2D eigenvalue weighted by molar-refractivity contribution is 7.89. The van der Waals surface area contributed by atoms with E-state index in [4.69, 9.17) is 10.2 Å². The molecule has 1 aromatic heterocycles. The maximum Gasteiger partial charge on any atom is 0.342 e. The van der Waals surface area contributed by atoms with Crippen molar-refractivity contribution >= 4 is 16.0 Å². The van der Waals surface area contributed by atoms with Crippen molar-refractivity contribution in [2.24, 2.45) is 0 Å². The minimum Gasteiger partial charge on any atom is -0.462 e. The Hall–Kier alpha value is -1.49. The van der Waals surface area contributed by atoms with Gasteiger partial charge in [-0.05, 0) is 6.92 Å². The highest BCUT2D eigenvalue weighted by atomic mass is 32.2. The topological polar surface area (TPSA) is 142 Å². The van der Waals surface area contributed by atoms with Crippen molar-refractivity contribution in [3.8, 4) is 0 Å². The molecule has 10 heteroatoms. The van der Waals surface area contributed by atoms with Gasteiger partial charge >= 0.3 is 5.97 Å². The molecule has 1 aromatic rings. The number of nitrogens with one attached hydrogen (secondary N) is 2. The Bertz CT molecular complexity index is 522. The molecule has 0 aliphatic heterocycles. The molecular formula is C9H15N3O6S. The van der Waals surface area contributed by atoms with Crippen molar-refractivity contribution in [1.82, 2.24) is 14.9 Å². The minimum atomic E-state index is -4.12. The van der Waals surface area contributed by atoms with Gasteiger partial charge in [0.1, 0.15) is 5.56 Å². The molecule has 0 bridgehead atoms. The molecule has 0 unspecified atom stereocenters. The van der Waals surface area contributed by atoms with Gasteiger partial charge in [-0.3, -0.25) is 5.10 Å². The van der Waals surface area contributed by atoms with Gasteiger partial charge in [-0.15, -0.1) is 0 Å². The molecule has 0 saturated carbocycles. The molecule has 0 fully saturated rings. The van der Waals surface area contributed by atoms with E-state index in [2.05, 4.69) is 14.9 Å². The maximum absolute atomic E-state index is 11.9. The predicted molar refractivity (Wildman–Crippen MR) is 62.8 cm³/mol. The Morgan fingerprint density at radius 3 is 2.68 bits per heavy atom. The average Bonchev–Trinajstić information content (AvgIpc) is 2.86. The molecule has 19 heavy (non-hydrogen) atoms. The number of aliphatic hydroxyl groups is 2. The van der Waals surface area contributed by atoms with Crippen LogP contribution in [0.2, 0.25) is 0 Å². The van der Waals surface area contributed by atoms with Crippen LogP contribution in [0.3, 0.4) is 0 Å². The first-order valence-electron chi connectivity index (χ1n) is 5.40. The van der Waals surface area contributed by atoms with Gasteiger partial charge in [-0.1, -0.05) is 0 Å². The molecule has 0 amide bonds. The highest BCUT2D eigenvalue weighted by Crippen LogP contribution is 2.13. The van der Waals surface area contributed by atoms with Gasteiger partial charge in [0.2, 0.25) is 0 Å². The lowest BCUT2D eigenvalue weighted by atomic mass is 10.4. The van der Waals surface area contributed by atoms with Gasteiger partial charge in [-0.2, -0.15) is 5.10 Å². The van der Waals surface area contributed by atoms with E-state index in [1.54, 1.807) is 6.92 Å². The molecule has 0 aromatic carbocycles. The quantitative estimate of drug-likeness (QED) is 0.435. The number of H-pyrrole nitrogens is 1. The first-order valence-corrected chi connectivity index (χ1v) is 6.89. The van der Waals surface area contributed by atoms with E-state index in [0.717, 1.165) is 6.20 Å². The molecule has 4 N–H and O–H groups in total. The number of nitrogens with zero attached hydrogens (tertiary/aromatic N) is 1. The molecule has 0 radical (unpaired) electrons. The lowest BCUT2D eigenvalue weighted by Crippen LogP contribution is -2.40. The van der Waals surface area contributed by atoms with Gasteiger partial charge in [-0.25, -0.2) is 17.9 Å². The summed E-state index contributed by atoms with van der Waals surface area (Å²) < 4.78 is 30.6. The van der Waals surface area contributed by atoms with Crippen LogP contribution >= 0.6 is 0 Å². The zero-order valence-electron chi connectivity index (χ0n) is 10.2. The first-order chi connectivity index (χ1) is 8.96. The van der Waals surface area contributed by atoms with Crippen LogP contribution in [0.5, 0.6) is 0 Å². The third-order valence-electron chi connectivity index (χ3n) is 2.13. The van der Waals surface area contributed by atoms with Crippen molar-refractivity contribution in [2.75, 3.05) is 19.8 Å². The van der Waals surface area contributed by atoms with E-state index >= 15 is 0 Å². The van der Waals surface area contributed by atoms with Crippen molar-refractivity contribution in [3.05, 3.63) is 11.8 Å². The fourth-order valence-electron chi connectivity index (χ4n) is 1.24. The fourth-order valence-corrected chi connectivity index (χ4v) is 2.55. The molecule has 0 aliphatic rings. The predicted octanol–water partition coefficient (Wildman–Crippen LogP) is -1.78. The van der Waals surface area contributed by atoms with Crippen molar-refractivity contribution < 1.29 is 28.2 Å². The van der Waals surface area contributed by atoms with Crippen LogP contribution in [0.15, 0.2) is 11.2 Å². The second-order valence-electron chi connectivity index (χ2n) is 3.52. The molecule has 1 rings (SSSR count). The molecule has 0 spiro atoms. The standard InChI is InChI=1S/C9H15N3O6S/c1-2-18-9(15)7-3-10-11-8(7)19(16,17)12-6(4-13)5-14/h3,6,12-14H,2,4-5H2,1H3,(H,10,11). The Morgan fingerprint density at radius 1 is 1.53 bits per heavy atom. The van der Waals surface area contributed by atoms with Gasteiger partial charge in [0.25, 0.3) is 10.0 Å². The lowest BCUT2D eigenvalue weighted by molar-refractivity contribution is 0.0522.